The van der Waals surface area contributed by atoms with Crippen LogP contribution in [0, 0.1) is 11.6 Å². The summed E-state index contributed by atoms with van der Waals surface area (Å²) in [5.74, 6) is -5.85. The van der Waals surface area contributed by atoms with E-state index in [0.717, 1.165) is 6.07 Å². The van der Waals surface area contributed by atoms with Crippen LogP contribution in [0.1, 0.15) is 11.1 Å². The molecule has 0 fully saturated rings. The monoisotopic (exact) mass is 492 g/mol. The van der Waals surface area contributed by atoms with Crippen LogP contribution in [0.25, 0.3) is 0 Å². The summed E-state index contributed by atoms with van der Waals surface area (Å²) in [5.41, 5.74) is 0.286. The standard InChI is InChI=1S/C18H18F2N2O8S2/c19-14-6-3-7-15(20)18(14)32(29,30)22(11-17(25)26)9-13-5-2-1-4-12(13)8-21(31(27)28)10-16(23)24/h1-7,31H,8-11H2,(H,23,24)(H,25,26). The van der Waals surface area contributed by atoms with Gasteiger partial charge in [0.25, 0.3) is 0 Å². The van der Waals surface area contributed by atoms with E-state index >= 15 is 0 Å². The summed E-state index contributed by atoms with van der Waals surface area (Å²) in [6.45, 7) is -3.12. The summed E-state index contributed by atoms with van der Waals surface area (Å²) in [4.78, 5) is 20.9. The molecule has 0 aromatic heterocycles. The molecule has 0 bridgehead atoms. The van der Waals surface area contributed by atoms with E-state index < -0.39 is 75.6 Å². The lowest BCUT2D eigenvalue weighted by Crippen LogP contribution is -2.36. The minimum atomic E-state index is -4.96. The Bertz CT molecular complexity index is 1170. The number of sulfonamides is 1. The highest BCUT2D eigenvalue weighted by atomic mass is 32.2. The molecule has 2 aromatic carbocycles. The quantitative estimate of drug-likeness (QED) is 0.387. The number of benzene rings is 2. The molecule has 0 aliphatic rings. The number of thiol groups is 1. The Morgan fingerprint density at radius 2 is 1.34 bits per heavy atom. The van der Waals surface area contributed by atoms with Crippen molar-refractivity contribution >= 4 is 32.9 Å². The van der Waals surface area contributed by atoms with Gasteiger partial charge in [-0.2, -0.15) is 8.61 Å². The molecule has 2 rings (SSSR count). The first-order valence-corrected chi connectivity index (χ1v) is 11.3. The molecule has 0 atom stereocenters. The molecule has 0 aliphatic carbocycles. The van der Waals surface area contributed by atoms with Crippen molar-refractivity contribution in [2.75, 3.05) is 13.1 Å². The van der Waals surface area contributed by atoms with Crippen molar-refractivity contribution in [1.82, 2.24) is 8.61 Å². The van der Waals surface area contributed by atoms with Crippen LogP contribution in [-0.2, 0) is 43.6 Å². The molecule has 174 valence electrons. The number of carbonyl (C=O) groups is 2. The van der Waals surface area contributed by atoms with Crippen molar-refractivity contribution in [2.24, 2.45) is 0 Å². The Morgan fingerprint density at radius 1 is 0.844 bits per heavy atom. The van der Waals surface area contributed by atoms with Crippen LogP contribution in [-0.4, -0.2) is 60.7 Å². The maximum atomic E-state index is 14.1. The molecule has 0 heterocycles. The molecule has 14 heteroatoms. The first-order valence-electron chi connectivity index (χ1n) is 8.77. The zero-order valence-corrected chi connectivity index (χ0v) is 17.9. The van der Waals surface area contributed by atoms with Gasteiger partial charge in [0.15, 0.2) is 4.90 Å². The van der Waals surface area contributed by atoms with E-state index in [1.165, 1.54) is 24.3 Å². The highest BCUT2D eigenvalue weighted by molar-refractivity contribution is 7.89. The first-order chi connectivity index (χ1) is 14.9. The van der Waals surface area contributed by atoms with Crippen LogP contribution in [0.3, 0.4) is 0 Å². The van der Waals surface area contributed by atoms with Crippen LogP contribution >= 0.6 is 0 Å². The Morgan fingerprint density at radius 3 is 1.81 bits per heavy atom. The zero-order chi connectivity index (χ0) is 24.1. The van der Waals surface area contributed by atoms with Crippen molar-refractivity contribution in [3.05, 3.63) is 65.2 Å². The largest absolute Gasteiger partial charge is 0.480 e. The van der Waals surface area contributed by atoms with Crippen LogP contribution in [0.15, 0.2) is 47.4 Å². The van der Waals surface area contributed by atoms with Crippen LogP contribution in [0.5, 0.6) is 0 Å². The Hall–Kier alpha value is -2.94. The molecule has 0 radical (unpaired) electrons. The van der Waals surface area contributed by atoms with Gasteiger partial charge in [0.05, 0.1) is 0 Å². The van der Waals surface area contributed by atoms with E-state index in [4.69, 9.17) is 10.2 Å². The fourth-order valence-corrected chi connectivity index (χ4v) is 4.80. The van der Waals surface area contributed by atoms with Gasteiger partial charge in [-0.1, -0.05) is 30.3 Å². The fourth-order valence-electron chi connectivity index (χ4n) is 2.81. The average molecular weight is 492 g/mol. The van der Waals surface area contributed by atoms with E-state index in [1.807, 2.05) is 0 Å². The van der Waals surface area contributed by atoms with Gasteiger partial charge in [0, 0.05) is 13.1 Å². The van der Waals surface area contributed by atoms with Crippen LogP contribution in [0.4, 0.5) is 8.78 Å². The molecule has 0 saturated carbocycles. The van der Waals surface area contributed by atoms with E-state index in [1.54, 1.807) is 0 Å². The second-order valence-corrected chi connectivity index (χ2v) is 9.36. The molecule has 0 spiro atoms. The summed E-state index contributed by atoms with van der Waals surface area (Å²) in [6, 6.07) is 8.03. The third kappa shape index (κ3) is 6.29. The Kier molecular flexibility index (Phi) is 8.38. The van der Waals surface area contributed by atoms with Gasteiger partial charge < -0.3 is 10.2 Å². The maximum Gasteiger partial charge on any atom is 0.318 e. The molecule has 0 amide bonds. The summed E-state index contributed by atoms with van der Waals surface area (Å²) >= 11 is 0. The third-order valence-electron chi connectivity index (χ3n) is 4.20. The van der Waals surface area contributed by atoms with Crippen molar-refractivity contribution in [1.29, 1.82) is 0 Å². The summed E-state index contributed by atoms with van der Waals surface area (Å²) in [5, 5.41) is 18.0. The fraction of sp³-hybridized carbons (Fsp3) is 0.222. The molecule has 0 unspecified atom stereocenters. The van der Waals surface area contributed by atoms with Gasteiger partial charge in [-0.25, -0.2) is 25.6 Å². The van der Waals surface area contributed by atoms with E-state index in [0.29, 0.717) is 20.7 Å². The predicted octanol–water partition coefficient (Wildman–Crippen LogP) is 0.653. The lowest BCUT2D eigenvalue weighted by atomic mass is 10.1. The normalized spacial score (nSPS) is 11.9. The first kappa shape index (κ1) is 25.3. The highest BCUT2D eigenvalue weighted by Gasteiger charge is 2.32. The molecule has 0 aliphatic heterocycles. The van der Waals surface area contributed by atoms with E-state index in [9.17, 15) is 35.2 Å². The molecule has 0 saturated heterocycles. The molecule has 10 nitrogen and oxygen atoms in total. The minimum absolute atomic E-state index is 0.112. The molecule has 2 aromatic rings. The molecular formula is C18H18F2N2O8S2. The van der Waals surface area contributed by atoms with Crippen LogP contribution < -0.4 is 0 Å². The van der Waals surface area contributed by atoms with Crippen molar-refractivity contribution < 1.29 is 45.4 Å². The zero-order valence-electron chi connectivity index (χ0n) is 16.2. The second-order valence-electron chi connectivity index (χ2n) is 6.44. The lowest BCUT2D eigenvalue weighted by molar-refractivity contribution is -0.138. The Balaban J connectivity index is 2.49. The number of hydrogen-bond acceptors (Lipinski definition) is 6. The van der Waals surface area contributed by atoms with Crippen molar-refractivity contribution in [3.8, 4) is 0 Å². The number of halogens is 2. The number of nitrogens with zero attached hydrogens (tertiary/aromatic N) is 2. The van der Waals surface area contributed by atoms with E-state index in [2.05, 4.69) is 0 Å². The topological polar surface area (TPSA) is 149 Å². The smallest absolute Gasteiger partial charge is 0.318 e. The number of aliphatic carboxylic acids is 2. The van der Waals surface area contributed by atoms with Gasteiger partial charge in [-0.3, -0.25) is 9.59 Å². The molecular weight excluding hydrogens is 474 g/mol. The highest BCUT2D eigenvalue weighted by Crippen LogP contribution is 2.25. The van der Waals surface area contributed by atoms with Gasteiger partial charge in [-0.15, -0.1) is 0 Å². The molecule has 2 N–H and O–H groups in total. The van der Waals surface area contributed by atoms with Gasteiger partial charge >= 0.3 is 11.9 Å². The van der Waals surface area contributed by atoms with Crippen molar-refractivity contribution in [2.45, 2.75) is 18.0 Å². The Labute approximate surface area is 183 Å². The SMILES string of the molecule is O=C(O)CN(Cc1ccccc1CN(CC(=O)O)S(=O)(=O)c1c(F)cccc1F)[SH](=O)=O. The maximum absolute atomic E-state index is 14.1. The number of rotatable bonds is 11. The van der Waals surface area contributed by atoms with Gasteiger partial charge in [0.2, 0.25) is 20.9 Å². The number of hydrogen-bond donors (Lipinski definition) is 3. The average Bonchev–Trinajstić information content (AvgIpc) is 2.67. The summed E-state index contributed by atoms with van der Waals surface area (Å²) in [7, 11) is -8.27. The van der Waals surface area contributed by atoms with Crippen LogP contribution in [0.2, 0.25) is 0 Å². The number of carboxylic acids is 2. The predicted molar refractivity (Wildman–Crippen MR) is 106 cm³/mol. The van der Waals surface area contributed by atoms with E-state index in [-0.39, 0.29) is 11.1 Å². The third-order valence-corrected chi connectivity index (χ3v) is 6.78. The summed E-state index contributed by atoms with van der Waals surface area (Å²) in [6.07, 6.45) is 0. The lowest BCUT2D eigenvalue weighted by Gasteiger charge is -2.23. The minimum Gasteiger partial charge on any atom is -0.480 e. The number of carboxylic acid groups (broad SMARTS) is 2. The van der Waals surface area contributed by atoms with Gasteiger partial charge in [-0.05, 0) is 23.3 Å². The van der Waals surface area contributed by atoms with Gasteiger partial charge in [0.1, 0.15) is 24.7 Å². The molecule has 32 heavy (non-hydrogen) atoms. The van der Waals surface area contributed by atoms with Crippen molar-refractivity contribution in [3.63, 3.8) is 0 Å². The second kappa shape index (κ2) is 10.6. The summed E-state index contributed by atoms with van der Waals surface area (Å²) < 4.78 is 77.7.